The van der Waals surface area contributed by atoms with E-state index in [4.69, 9.17) is 4.74 Å². The lowest BCUT2D eigenvalue weighted by Crippen LogP contribution is -2.31. The van der Waals surface area contributed by atoms with Crippen molar-refractivity contribution in [3.05, 3.63) is 11.6 Å². The van der Waals surface area contributed by atoms with E-state index in [1.807, 2.05) is 0 Å². The molecule has 0 aromatic heterocycles. The lowest BCUT2D eigenvalue weighted by molar-refractivity contribution is -0.160. The molecule has 0 radical (unpaired) electrons. The Morgan fingerprint density at radius 3 is 2.00 bits per heavy atom. The molecule has 0 fully saturated rings. The minimum absolute atomic E-state index is 0.118. The zero-order chi connectivity index (χ0) is 15.7. The van der Waals surface area contributed by atoms with Crippen LogP contribution in [0, 0.1) is 11.8 Å². The highest BCUT2D eigenvalue weighted by Gasteiger charge is 2.33. The number of ether oxygens (including phenoxy) is 3. The molecule has 0 aromatic rings. The number of allylic oxidation sites excluding steroid dienone is 1. The van der Waals surface area contributed by atoms with E-state index in [0.29, 0.717) is 12.2 Å². The van der Waals surface area contributed by atoms with Gasteiger partial charge in [0.05, 0.1) is 27.2 Å². The Bertz CT molecular complexity index is 369. The van der Waals surface area contributed by atoms with Gasteiger partial charge < -0.3 is 14.2 Å². The van der Waals surface area contributed by atoms with Crippen LogP contribution in [0.25, 0.3) is 0 Å². The van der Waals surface area contributed by atoms with Gasteiger partial charge in [-0.3, -0.25) is 14.4 Å². The van der Waals surface area contributed by atoms with Crippen molar-refractivity contribution in [3.8, 4) is 0 Å². The number of carbonyl (C=O) groups excluding carboxylic acids is 3. The molecule has 0 unspecified atom stereocenters. The second kappa shape index (κ2) is 9.12. The SMILES string of the molecule is CCOC(=O)C/C(C)=C/[C@H](C)C(C(=O)OC)C(=O)OC. The van der Waals surface area contributed by atoms with Crippen LogP contribution in [0.5, 0.6) is 0 Å². The minimum atomic E-state index is -1.04. The summed E-state index contributed by atoms with van der Waals surface area (Å²) in [6.07, 6.45) is 1.79. The number of hydrogen-bond donors (Lipinski definition) is 0. The Hall–Kier alpha value is -1.85. The summed E-state index contributed by atoms with van der Waals surface area (Å²) in [5.74, 6) is -3.15. The molecule has 0 aromatic carbocycles. The molecular weight excluding hydrogens is 264 g/mol. The predicted octanol–water partition coefficient (Wildman–Crippen LogP) is 1.48. The van der Waals surface area contributed by atoms with Crippen LogP contribution < -0.4 is 0 Å². The van der Waals surface area contributed by atoms with Crippen LogP contribution in [0.15, 0.2) is 11.6 Å². The van der Waals surface area contributed by atoms with E-state index < -0.39 is 23.8 Å². The number of rotatable bonds is 7. The van der Waals surface area contributed by atoms with Crippen molar-refractivity contribution in [2.75, 3.05) is 20.8 Å². The quantitative estimate of drug-likeness (QED) is 0.305. The van der Waals surface area contributed by atoms with Crippen LogP contribution in [-0.2, 0) is 28.6 Å². The smallest absolute Gasteiger partial charge is 0.320 e. The number of esters is 3. The van der Waals surface area contributed by atoms with Crippen LogP contribution in [0.3, 0.4) is 0 Å². The Labute approximate surface area is 119 Å². The largest absolute Gasteiger partial charge is 0.468 e. The van der Waals surface area contributed by atoms with Crippen molar-refractivity contribution < 1.29 is 28.6 Å². The van der Waals surface area contributed by atoms with Gasteiger partial charge in [0, 0.05) is 0 Å². The van der Waals surface area contributed by atoms with Crippen molar-refractivity contribution in [2.24, 2.45) is 11.8 Å². The molecule has 20 heavy (non-hydrogen) atoms. The molecule has 114 valence electrons. The average molecular weight is 286 g/mol. The highest BCUT2D eigenvalue weighted by atomic mass is 16.5. The van der Waals surface area contributed by atoms with E-state index in [1.54, 1.807) is 26.8 Å². The zero-order valence-electron chi connectivity index (χ0n) is 12.6. The maximum Gasteiger partial charge on any atom is 0.320 e. The molecule has 0 bridgehead atoms. The fraction of sp³-hybridized carbons (Fsp3) is 0.643. The molecule has 1 atom stereocenters. The third-order valence-corrected chi connectivity index (χ3v) is 2.71. The van der Waals surface area contributed by atoms with Gasteiger partial charge in [-0.1, -0.05) is 18.6 Å². The first kappa shape index (κ1) is 18.1. The lowest BCUT2D eigenvalue weighted by atomic mass is 9.91. The summed E-state index contributed by atoms with van der Waals surface area (Å²) in [6, 6.07) is 0. The molecular formula is C14H22O6. The summed E-state index contributed by atoms with van der Waals surface area (Å²) in [7, 11) is 2.42. The van der Waals surface area contributed by atoms with Crippen LogP contribution >= 0.6 is 0 Å². The number of carbonyl (C=O) groups is 3. The molecule has 0 saturated carbocycles. The standard InChI is InChI=1S/C14H22O6/c1-6-20-11(15)8-9(2)7-10(3)12(13(16)18-4)14(17)19-5/h7,10,12H,6,8H2,1-5H3/b9-7+/t10-/m0/s1. The molecule has 0 aliphatic rings. The van der Waals surface area contributed by atoms with Crippen molar-refractivity contribution in [2.45, 2.75) is 27.2 Å². The van der Waals surface area contributed by atoms with E-state index in [-0.39, 0.29) is 12.4 Å². The predicted molar refractivity (Wildman–Crippen MR) is 71.7 cm³/mol. The van der Waals surface area contributed by atoms with Crippen LogP contribution in [0.2, 0.25) is 0 Å². The molecule has 0 N–H and O–H groups in total. The highest BCUT2D eigenvalue weighted by Crippen LogP contribution is 2.19. The van der Waals surface area contributed by atoms with Crippen LogP contribution in [0.1, 0.15) is 27.2 Å². The minimum Gasteiger partial charge on any atom is -0.468 e. The van der Waals surface area contributed by atoms with Crippen LogP contribution in [0.4, 0.5) is 0 Å². The first-order chi connectivity index (χ1) is 9.37. The molecule has 0 aliphatic carbocycles. The summed E-state index contributed by atoms with van der Waals surface area (Å²) >= 11 is 0. The van der Waals surface area contributed by atoms with Gasteiger partial charge in [0.25, 0.3) is 0 Å². The Kier molecular flexibility index (Phi) is 8.27. The Balaban J connectivity index is 4.89. The first-order valence-electron chi connectivity index (χ1n) is 6.35. The average Bonchev–Trinajstić information content (AvgIpc) is 2.38. The fourth-order valence-electron chi connectivity index (χ4n) is 1.82. The Morgan fingerprint density at radius 2 is 1.60 bits per heavy atom. The zero-order valence-corrected chi connectivity index (χ0v) is 12.6. The third kappa shape index (κ3) is 5.86. The summed E-state index contributed by atoms with van der Waals surface area (Å²) in [4.78, 5) is 34.6. The third-order valence-electron chi connectivity index (χ3n) is 2.71. The maximum absolute atomic E-state index is 11.6. The second-order valence-electron chi connectivity index (χ2n) is 4.38. The molecule has 6 heteroatoms. The molecule has 0 spiro atoms. The molecule has 0 saturated heterocycles. The molecule has 0 heterocycles. The van der Waals surface area contributed by atoms with Crippen molar-refractivity contribution >= 4 is 17.9 Å². The van der Waals surface area contributed by atoms with Gasteiger partial charge >= 0.3 is 17.9 Å². The van der Waals surface area contributed by atoms with Gasteiger partial charge in [0.1, 0.15) is 0 Å². The van der Waals surface area contributed by atoms with E-state index >= 15 is 0 Å². The summed E-state index contributed by atoms with van der Waals surface area (Å²) < 4.78 is 14.0. The summed E-state index contributed by atoms with van der Waals surface area (Å²) in [5.41, 5.74) is 0.716. The van der Waals surface area contributed by atoms with Crippen molar-refractivity contribution in [1.29, 1.82) is 0 Å². The van der Waals surface area contributed by atoms with E-state index in [0.717, 1.165) is 0 Å². The molecule has 0 amide bonds. The highest BCUT2D eigenvalue weighted by molar-refractivity contribution is 5.95. The van der Waals surface area contributed by atoms with E-state index in [2.05, 4.69) is 9.47 Å². The fourth-order valence-corrected chi connectivity index (χ4v) is 1.82. The van der Waals surface area contributed by atoms with E-state index in [1.165, 1.54) is 14.2 Å². The van der Waals surface area contributed by atoms with Crippen molar-refractivity contribution in [3.63, 3.8) is 0 Å². The molecule has 0 aliphatic heterocycles. The van der Waals surface area contributed by atoms with Crippen LogP contribution in [-0.4, -0.2) is 38.7 Å². The van der Waals surface area contributed by atoms with E-state index in [9.17, 15) is 14.4 Å². The van der Waals surface area contributed by atoms with Gasteiger partial charge in [-0.05, 0) is 19.8 Å². The van der Waals surface area contributed by atoms with Gasteiger partial charge in [-0.2, -0.15) is 0 Å². The molecule has 6 nitrogen and oxygen atoms in total. The summed E-state index contributed by atoms with van der Waals surface area (Å²) in [6.45, 7) is 5.46. The molecule has 0 rings (SSSR count). The number of methoxy groups -OCH3 is 2. The monoisotopic (exact) mass is 286 g/mol. The van der Waals surface area contributed by atoms with Gasteiger partial charge in [-0.25, -0.2) is 0 Å². The summed E-state index contributed by atoms with van der Waals surface area (Å²) in [5, 5.41) is 0. The normalized spacial score (nSPS) is 12.8. The van der Waals surface area contributed by atoms with Gasteiger partial charge in [0.2, 0.25) is 0 Å². The second-order valence-corrected chi connectivity index (χ2v) is 4.38. The topological polar surface area (TPSA) is 78.9 Å². The lowest BCUT2D eigenvalue weighted by Gasteiger charge is -2.17. The maximum atomic E-state index is 11.6. The van der Waals surface area contributed by atoms with Gasteiger partial charge in [0.15, 0.2) is 5.92 Å². The first-order valence-corrected chi connectivity index (χ1v) is 6.35. The number of hydrogen-bond acceptors (Lipinski definition) is 6. The van der Waals surface area contributed by atoms with Crippen molar-refractivity contribution in [1.82, 2.24) is 0 Å². The Morgan fingerprint density at radius 1 is 1.10 bits per heavy atom. The van der Waals surface area contributed by atoms with Gasteiger partial charge in [-0.15, -0.1) is 0 Å².